The molecule has 1 aliphatic heterocycles. The Morgan fingerprint density at radius 2 is 2.28 bits per heavy atom. The van der Waals surface area contributed by atoms with E-state index < -0.39 is 36.5 Å². The van der Waals surface area contributed by atoms with Crippen LogP contribution < -0.4 is 11.1 Å². The average Bonchev–Trinajstić information content (AvgIpc) is 3.17. The number of anilines is 1. The third-order valence-corrected chi connectivity index (χ3v) is 4.12. The number of hydrogen-bond acceptors (Lipinski definition) is 9. The smallest absolute Gasteiger partial charge is 0.245 e. The van der Waals surface area contributed by atoms with E-state index in [0.29, 0.717) is 11.2 Å². The van der Waals surface area contributed by atoms with Gasteiger partial charge in [0.05, 0.1) is 25.1 Å². The van der Waals surface area contributed by atoms with Gasteiger partial charge in [-0.2, -0.15) is 0 Å². The van der Waals surface area contributed by atoms with E-state index in [-0.39, 0.29) is 18.8 Å². The molecule has 0 saturated carbocycles. The number of ether oxygens (including phenoxy) is 1. The molecule has 136 valence electrons. The lowest BCUT2D eigenvalue weighted by atomic mass is 10.2. The SMILES string of the molecule is C[C@@H](O)[C@H](N)C(=O)Nc1ncnc2c1ncn2[C@H]1CC(O)[C@@H](CO)O1. The van der Waals surface area contributed by atoms with Crippen molar-refractivity contribution >= 4 is 22.9 Å². The Morgan fingerprint density at radius 1 is 1.52 bits per heavy atom. The first kappa shape index (κ1) is 17.6. The molecule has 1 fully saturated rings. The number of amides is 1. The summed E-state index contributed by atoms with van der Waals surface area (Å²) in [6.45, 7) is 1.12. The lowest BCUT2D eigenvalue weighted by Gasteiger charge is -2.15. The summed E-state index contributed by atoms with van der Waals surface area (Å²) in [5.41, 5.74) is 6.31. The van der Waals surface area contributed by atoms with Gasteiger partial charge < -0.3 is 31.1 Å². The maximum Gasteiger partial charge on any atom is 0.245 e. The lowest BCUT2D eigenvalue weighted by Crippen LogP contribution is -2.43. The first-order valence-corrected chi connectivity index (χ1v) is 7.78. The van der Waals surface area contributed by atoms with E-state index in [0.717, 1.165) is 0 Å². The van der Waals surface area contributed by atoms with Crippen LogP contribution in [0.25, 0.3) is 11.2 Å². The molecule has 0 aromatic carbocycles. The van der Waals surface area contributed by atoms with E-state index in [1.807, 2.05) is 0 Å². The van der Waals surface area contributed by atoms with Gasteiger partial charge in [0.15, 0.2) is 17.0 Å². The second-order valence-electron chi connectivity index (χ2n) is 5.92. The monoisotopic (exact) mass is 352 g/mol. The Balaban J connectivity index is 1.87. The highest BCUT2D eigenvalue weighted by atomic mass is 16.5. The van der Waals surface area contributed by atoms with Crippen molar-refractivity contribution in [3.8, 4) is 0 Å². The zero-order valence-corrected chi connectivity index (χ0v) is 13.5. The van der Waals surface area contributed by atoms with Crippen LogP contribution in [0.2, 0.25) is 0 Å². The van der Waals surface area contributed by atoms with Crippen molar-refractivity contribution in [1.29, 1.82) is 0 Å². The molecule has 5 atom stereocenters. The van der Waals surface area contributed by atoms with Gasteiger partial charge >= 0.3 is 0 Å². The minimum Gasteiger partial charge on any atom is -0.394 e. The molecule has 1 unspecified atom stereocenters. The van der Waals surface area contributed by atoms with Crippen LogP contribution in [0, 0.1) is 0 Å². The predicted molar refractivity (Wildman–Crippen MR) is 85.2 cm³/mol. The number of hydrogen-bond donors (Lipinski definition) is 5. The molecular weight excluding hydrogens is 332 g/mol. The first-order valence-electron chi connectivity index (χ1n) is 7.78. The van der Waals surface area contributed by atoms with Crippen LogP contribution in [0.4, 0.5) is 5.82 Å². The standard InChI is InChI=1S/C14H20N6O5/c1-6(22)10(15)14(24)19-12-11-13(17-4-16-12)20(5-18-11)9-2-7(23)8(3-21)25-9/h4-10,21-23H,2-3,15H2,1H3,(H,16,17,19,24)/t6-,7?,8-,9-,10+/m1/s1. The molecule has 2 aromatic heterocycles. The molecule has 2 aromatic rings. The molecule has 25 heavy (non-hydrogen) atoms. The molecule has 0 aliphatic carbocycles. The Bertz CT molecular complexity index is 765. The number of aromatic nitrogens is 4. The van der Waals surface area contributed by atoms with Gasteiger partial charge in [-0.05, 0) is 6.92 Å². The fourth-order valence-corrected chi connectivity index (χ4v) is 2.62. The van der Waals surface area contributed by atoms with Gasteiger partial charge in [-0.25, -0.2) is 15.0 Å². The second-order valence-corrected chi connectivity index (χ2v) is 5.92. The van der Waals surface area contributed by atoms with E-state index in [9.17, 15) is 20.1 Å². The van der Waals surface area contributed by atoms with E-state index >= 15 is 0 Å². The molecule has 6 N–H and O–H groups in total. The Kier molecular flexibility index (Phi) is 4.92. The number of nitrogens with two attached hydrogens (primary N) is 1. The highest BCUT2D eigenvalue weighted by Gasteiger charge is 2.35. The van der Waals surface area contributed by atoms with Gasteiger partial charge in [0, 0.05) is 6.42 Å². The minimum atomic E-state index is -1.11. The molecule has 11 nitrogen and oxygen atoms in total. The second kappa shape index (κ2) is 6.98. The number of carbonyl (C=O) groups excluding carboxylic acids is 1. The Hall–Kier alpha value is -2.18. The number of carbonyl (C=O) groups is 1. The zero-order chi connectivity index (χ0) is 18.1. The lowest BCUT2D eigenvalue weighted by molar-refractivity contribution is -0.119. The van der Waals surface area contributed by atoms with Gasteiger partial charge in [-0.15, -0.1) is 0 Å². The number of rotatable bonds is 5. The van der Waals surface area contributed by atoms with E-state index in [2.05, 4.69) is 20.3 Å². The Morgan fingerprint density at radius 3 is 2.92 bits per heavy atom. The third kappa shape index (κ3) is 3.32. The van der Waals surface area contributed by atoms with E-state index in [1.54, 1.807) is 4.57 Å². The van der Waals surface area contributed by atoms with Gasteiger partial charge in [0.1, 0.15) is 24.7 Å². The number of nitrogens with one attached hydrogen (secondary N) is 1. The van der Waals surface area contributed by atoms with Crippen LogP contribution in [0.5, 0.6) is 0 Å². The third-order valence-electron chi connectivity index (χ3n) is 4.12. The van der Waals surface area contributed by atoms with Gasteiger partial charge in [0.25, 0.3) is 0 Å². The first-order chi connectivity index (χ1) is 11.9. The fourth-order valence-electron chi connectivity index (χ4n) is 2.62. The average molecular weight is 352 g/mol. The van der Waals surface area contributed by atoms with Crippen LogP contribution in [0.15, 0.2) is 12.7 Å². The number of imidazole rings is 1. The number of aliphatic hydroxyl groups is 3. The van der Waals surface area contributed by atoms with Crippen molar-refractivity contribution in [2.45, 2.75) is 43.9 Å². The quantitative estimate of drug-likeness (QED) is 0.413. The molecule has 1 saturated heterocycles. The number of nitrogens with zero attached hydrogens (tertiary/aromatic N) is 4. The highest BCUT2D eigenvalue weighted by molar-refractivity contribution is 5.99. The van der Waals surface area contributed by atoms with Crippen LogP contribution >= 0.6 is 0 Å². The largest absolute Gasteiger partial charge is 0.394 e. The topological polar surface area (TPSA) is 169 Å². The van der Waals surface area contributed by atoms with Crippen LogP contribution in [-0.2, 0) is 9.53 Å². The van der Waals surface area contributed by atoms with E-state index in [4.69, 9.17) is 10.5 Å². The van der Waals surface area contributed by atoms with E-state index in [1.165, 1.54) is 19.6 Å². The number of aliphatic hydroxyl groups excluding tert-OH is 3. The highest BCUT2D eigenvalue weighted by Crippen LogP contribution is 2.31. The summed E-state index contributed by atoms with van der Waals surface area (Å²) in [5.74, 6) is -0.445. The van der Waals surface area contributed by atoms with Crippen LogP contribution in [-0.4, -0.2) is 71.7 Å². The summed E-state index contributed by atoms with van der Waals surface area (Å²) in [7, 11) is 0. The molecule has 0 bridgehead atoms. The molecule has 0 spiro atoms. The van der Waals surface area contributed by atoms with Gasteiger partial charge in [-0.3, -0.25) is 9.36 Å². The predicted octanol–water partition coefficient (Wildman–Crippen LogP) is -1.89. The van der Waals surface area contributed by atoms with Crippen molar-refractivity contribution in [3.63, 3.8) is 0 Å². The summed E-state index contributed by atoms with van der Waals surface area (Å²) in [6.07, 6.45) is -0.0476. The normalized spacial score (nSPS) is 25.9. The van der Waals surface area contributed by atoms with Crippen LogP contribution in [0.3, 0.4) is 0 Å². The van der Waals surface area contributed by atoms with Crippen molar-refractivity contribution in [3.05, 3.63) is 12.7 Å². The summed E-state index contributed by atoms with van der Waals surface area (Å²) in [4.78, 5) is 24.3. The van der Waals surface area contributed by atoms with Crippen molar-refractivity contribution in [1.82, 2.24) is 19.5 Å². The molecule has 3 heterocycles. The fraction of sp³-hybridized carbons (Fsp3) is 0.571. The molecule has 1 amide bonds. The summed E-state index contributed by atoms with van der Waals surface area (Å²) < 4.78 is 7.19. The van der Waals surface area contributed by atoms with Gasteiger partial charge in [0.2, 0.25) is 5.91 Å². The van der Waals surface area contributed by atoms with Crippen LogP contribution in [0.1, 0.15) is 19.6 Å². The summed E-state index contributed by atoms with van der Waals surface area (Å²) in [6, 6.07) is -1.11. The molecular formula is C14H20N6O5. The van der Waals surface area contributed by atoms with Gasteiger partial charge in [-0.1, -0.05) is 0 Å². The molecule has 3 rings (SSSR count). The maximum atomic E-state index is 12.0. The van der Waals surface area contributed by atoms with Crippen molar-refractivity contribution < 1.29 is 24.9 Å². The van der Waals surface area contributed by atoms with Crippen molar-refractivity contribution in [2.75, 3.05) is 11.9 Å². The zero-order valence-electron chi connectivity index (χ0n) is 13.5. The Labute approximate surface area is 142 Å². The molecule has 11 heteroatoms. The minimum absolute atomic E-state index is 0.155. The molecule has 1 aliphatic rings. The summed E-state index contributed by atoms with van der Waals surface area (Å²) >= 11 is 0. The maximum absolute atomic E-state index is 12.0. The van der Waals surface area contributed by atoms with Crippen molar-refractivity contribution in [2.24, 2.45) is 5.73 Å². The molecule has 0 radical (unpaired) electrons. The number of fused-ring (bicyclic) bond motifs is 1. The summed E-state index contributed by atoms with van der Waals surface area (Å²) in [5, 5.41) is 31.0.